The molecule has 6 heteroatoms. The average molecular weight is 380 g/mol. The maximum Gasteiger partial charge on any atom is 0.264 e. The maximum absolute atomic E-state index is 12.2. The molecule has 0 radical (unpaired) electrons. The lowest BCUT2D eigenvalue weighted by Crippen LogP contribution is -2.19. The van der Waals surface area contributed by atoms with Crippen molar-refractivity contribution in [2.24, 2.45) is 4.99 Å². The normalized spacial score (nSPS) is 16.4. The molecule has 1 N–H and O–H groups in total. The number of thioether (sulfide) groups is 1. The number of nitrogens with zero attached hydrogens (tertiary/aromatic N) is 1. The number of amidine groups is 1. The fourth-order valence-electron chi connectivity index (χ4n) is 2.35. The Hall–Kier alpha value is -2.99. The number of benzene rings is 2. The molecule has 0 spiro atoms. The topological polar surface area (TPSA) is 59.9 Å². The fraction of sp³-hybridized carbons (Fsp3) is 0.143. The number of hydrogen-bond acceptors (Lipinski definition) is 5. The van der Waals surface area contributed by atoms with Crippen LogP contribution in [0, 0.1) is 0 Å². The maximum atomic E-state index is 12.2. The molecule has 0 aliphatic carbocycles. The standard InChI is InChI=1S/C21H20N2O3S/c1-3-13-26-18-9-5-15(6-10-18)14-19-20(24)23-21(27-19)22-16-7-11-17(12-8-16)25-4-2/h3,5-12,14H,1,4,13H2,2H3,(H,22,23,24)/b19-14+. The third-order valence-electron chi connectivity index (χ3n) is 3.57. The first-order valence-electron chi connectivity index (χ1n) is 8.54. The largest absolute Gasteiger partial charge is 0.494 e. The Bertz CT molecular complexity index is 871. The summed E-state index contributed by atoms with van der Waals surface area (Å²) in [5, 5.41) is 3.35. The van der Waals surface area contributed by atoms with Crippen LogP contribution in [0.5, 0.6) is 11.5 Å². The molecule has 3 rings (SSSR count). The van der Waals surface area contributed by atoms with Crippen molar-refractivity contribution in [2.45, 2.75) is 6.92 Å². The summed E-state index contributed by atoms with van der Waals surface area (Å²) in [5.74, 6) is 1.40. The molecule has 0 atom stereocenters. The third kappa shape index (κ3) is 5.24. The first-order chi connectivity index (χ1) is 13.2. The SMILES string of the molecule is C=CCOc1ccc(/C=C2/SC(=Nc3ccc(OCC)cc3)NC2=O)cc1. The number of amides is 1. The van der Waals surface area contributed by atoms with E-state index in [1.54, 1.807) is 6.08 Å². The van der Waals surface area contributed by atoms with E-state index in [9.17, 15) is 4.79 Å². The first-order valence-corrected chi connectivity index (χ1v) is 9.36. The second-order valence-electron chi connectivity index (χ2n) is 5.58. The molecular weight excluding hydrogens is 360 g/mol. The van der Waals surface area contributed by atoms with Crippen LogP contribution in [0.1, 0.15) is 12.5 Å². The van der Waals surface area contributed by atoms with Crippen LogP contribution >= 0.6 is 11.8 Å². The minimum atomic E-state index is -0.156. The second kappa shape index (κ2) is 9.09. The lowest BCUT2D eigenvalue weighted by molar-refractivity contribution is -0.115. The Balaban J connectivity index is 1.69. The number of ether oxygens (including phenoxy) is 2. The van der Waals surface area contributed by atoms with E-state index in [1.165, 1.54) is 11.8 Å². The first kappa shape index (κ1) is 18.8. The Morgan fingerprint density at radius 2 is 1.74 bits per heavy atom. The van der Waals surface area contributed by atoms with Crippen LogP contribution in [0.4, 0.5) is 5.69 Å². The van der Waals surface area contributed by atoms with Crippen molar-refractivity contribution < 1.29 is 14.3 Å². The van der Waals surface area contributed by atoms with Crippen LogP contribution in [0.2, 0.25) is 0 Å². The molecule has 1 fully saturated rings. The summed E-state index contributed by atoms with van der Waals surface area (Å²) in [7, 11) is 0. The van der Waals surface area contributed by atoms with Gasteiger partial charge in [0.2, 0.25) is 0 Å². The molecule has 0 saturated carbocycles. The van der Waals surface area contributed by atoms with Gasteiger partial charge in [0.1, 0.15) is 18.1 Å². The Kier molecular flexibility index (Phi) is 6.33. The molecule has 1 heterocycles. The van der Waals surface area contributed by atoms with Gasteiger partial charge in [0.25, 0.3) is 5.91 Å². The predicted octanol–water partition coefficient (Wildman–Crippen LogP) is 4.54. The van der Waals surface area contributed by atoms with Gasteiger partial charge in [-0.25, -0.2) is 4.99 Å². The highest BCUT2D eigenvalue weighted by molar-refractivity contribution is 8.18. The molecule has 1 amide bonds. The van der Waals surface area contributed by atoms with Gasteiger partial charge in [-0.3, -0.25) is 4.79 Å². The van der Waals surface area contributed by atoms with E-state index in [2.05, 4.69) is 16.9 Å². The zero-order chi connectivity index (χ0) is 19.1. The van der Waals surface area contributed by atoms with Gasteiger partial charge in [0.15, 0.2) is 5.17 Å². The van der Waals surface area contributed by atoms with E-state index in [0.29, 0.717) is 23.3 Å². The van der Waals surface area contributed by atoms with Gasteiger partial charge in [-0.2, -0.15) is 0 Å². The quantitative estimate of drug-likeness (QED) is 0.566. The molecule has 2 aromatic rings. The summed E-state index contributed by atoms with van der Waals surface area (Å²) < 4.78 is 10.9. The smallest absolute Gasteiger partial charge is 0.264 e. The van der Waals surface area contributed by atoms with Crippen LogP contribution in [0.15, 0.2) is 71.1 Å². The summed E-state index contributed by atoms with van der Waals surface area (Å²) in [6.45, 7) is 6.64. The van der Waals surface area contributed by atoms with Crippen molar-refractivity contribution >= 4 is 34.6 Å². The van der Waals surface area contributed by atoms with Gasteiger partial charge in [0, 0.05) is 0 Å². The Labute approximate surface area is 162 Å². The predicted molar refractivity (Wildman–Crippen MR) is 111 cm³/mol. The number of rotatable bonds is 7. The third-order valence-corrected chi connectivity index (χ3v) is 4.48. The van der Waals surface area contributed by atoms with Crippen LogP contribution in [0.25, 0.3) is 6.08 Å². The van der Waals surface area contributed by atoms with E-state index in [0.717, 1.165) is 22.7 Å². The molecule has 1 aliphatic rings. The minimum absolute atomic E-state index is 0.156. The Morgan fingerprint density at radius 3 is 2.41 bits per heavy atom. The van der Waals surface area contributed by atoms with Crippen LogP contribution < -0.4 is 14.8 Å². The molecule has 0 bridgehead atoms. The second-order valence-corrected chi connectivity index (χ2v) is 6.61. The monoisotopic (exact) mass is 380 g/mol. The van der Waals surface area contributed by atoms with E-state index in [4.69, 9.17) is 9.47 Å². The summed E-state index contributed by atoms with van der Waals surface area (Å²) in [6.07, 6.45) is 3.53. The van der Waals surface area contributed by atoms with Crippen molar-refractivity contribution in [1.29, 1.82) is 0 Å². The van der Waals surface area contributed by atoms with E-state index in [-0.39, 0.29) is 5.91 Å². The van der Waals surface area contributed by atoms with Crippen molar-refractivity contribution in [3.8, 4) is 11.5 Å². The number of carbonyl (C=O) groups is 1. The van der Waals surface area contributed by atoms with Crippen molar-refractivity contribution in [2.75, 3.05) is 13.2 Å². The fourth-order valence-corrected chi connectivity index (χ4v) is 3.19. The average Bonchev–Trinajstić information content (AvgIpc) is 3.02. The molecule has 5 nitrogen and oxygen atoms in total. The summed E-state index contributed by atoms with van der Waals surface area (Å²) in [5.41, 5.74) is 1.67. The zero-order valence-corrected chi connectivity index (χ0v) is 15.8. The molecular formula is C21H20N2O3S. The molecule has 1 saturated heterocycles. The number of carbonyl (C=O) groups excluding carboxylic acids is 1. The summed E-state index contributed by atoms with van der Waals surface area (Å²) >= 11 is 1.32. The van der Waals surface area contributed by atoms with E-state index >= 15 is 0 Å². The molecule has 1 aliphatic heterocycles. The van der Waals surface area contributed by atoms with E-state index < -0.39 is 0 Å². The van der Waals surface area contributed by atoms with E-state index in [1.807, 2.05) is 61.5 Å². The highest BCUT2D eigenvalue weighted by Crippen LogP contribution is 2.29. The van der Waals surface area contributed by atoms with Crippen LogP contribution in [-0.4, -0.2) is 24.3 Å². The molecule has 27 heavy (non-hydrogen) atoms. The van der Waals surface area contributed by atoms with Gasteiger partial charge in [0.05, 0.1) is 17.2 Å². The molecule has 2 aromatic carbocycles. The van der Waals surface area contributed by atoms with Crippen LogP contribution in [0.3, 0.4) is 0 Å². The highest BCUT2D eigenvalue weighted by Gasteiger charge is 2.23. The van der Waals surface area contributed by atoms with Gasteiger partial charge < -0.3 is 14.8 Å². The van der Waals surface area contributed by atoms with Gasteiger partial charge in [-0.15, -0.1) is 0 Å². The lowest BCUT2D eigenvalue weighted by Gasteiger charge is -2.03. The zero-order valence-electron chi connectivity index (χ0n) is 15.0. The highest BCUT2D eigenvalue weighted by atomic mass is 32.2. The van der Waals surface area contributed by atoms with Crippen LogP contribution in [-0.2, 0) is 4.79 Å². The van der Waals surface area contributed by atoms with Gasteiger partial charge >= 0.3 is 0 Å². The molecule has 0 unspecified atom stereocenters. The number of aliphatic imine (C=N–C) groups is 1. The Morgan fingerprint density at radius 1 is 1.07 bits per heavy atom. The van der Waals surface area contributed by atoms with Crippen molar-refractivity contribution in [3.05, 3.63) is 71.7 Å². The van der Waals surface area contributed by atoms with Gasteiger partial charge in [-0.05, 0) is 66.7 Å². The number of nitrogens with one attached hydrogen (secondary N) is 1. The van der Waals surface area contributed by atoms with Crippen molar-refractivity contribution in [1.82, 2.24) is 5.32 Å². The minimum Gasteiger partial charge on any atom is -0.494 e. The lowest BCUT2D eigenvalue weighted by atomic mass is 10.2. The summed E-state index contributed by atoms with van der Waals surface area (Å²) in [4.78, 5) is 17.3. The molecule has 0 aromatic heterocycles. The van der Waals surface area contributed by atoms with Gasteiger partial charge in [-0.1, -0.05) is 24.8 Å². The summed E-state index contributed by atoms with van der Waals surface area (Å²) in [6, 6.07) is 15.0. The number of hydrogen-bond donors (Lipinski definition) is 1. The molecule has 138 valence electrons. The van der Waals surface area contributed by atoms with Crippen molar-refractivity contribution in [3.63, 3.8) is 0 Å².